The number of benzene rings is 2. The first-order valence-electron chi connectivity index (χ1n) is 6.17. The first-order valence-corrected chi connectivity index (χ1v) is 6.96. The molecule has 3 rings (SSSR count). The molecule has 1 aliphatic heterocycles. The van der Waals surface area contributed by atoms with Crippen LogP contribution in [-0.4, -0.2) is 6.61 Å². The molecule has 0 radical (unpaired) electrons. The number of para-hydroxylation sites is 1. The zero-order valence-corrected chi connectivity index (χ0v) is 11.8. The van der Waals surface area contributed by atoms with Gasteiger partial charge in [0.05, 0.1) is 18.3 Å². The van der Waals surface area contributed by atoms with E-state index in [0.29, 0.717) is 6.61 Å². The van der Waals surface area contributed by atoms with Gasteiger partial charge < -0.3 is 10.1 Å². The Balaban J connectivity index is 1.90. The molecule has 1 atom stereocenters. The number of hydrogen-bond donors (Lipinski definition) is 1. The second-order valence-electron chi connectivity index (χ2n) is 4.50. The van der Waals surface area contributed by atoms with Crippen LogP contribution in [-0.2, 0) is 0 Å². The zero-order valence-electron chi connectivity index (χ0n) is 10.2. The van der Waals surface area contributed by atoms with E-state index >= 15 is 0 Å². The average molecular weight is 322 g/mol. The third-order valence-corrected chi connectivity index (χ3v) is 3.91. The predicted molar refractivity (Wildman–Crippen MR) is 77.0 cm³/mol. The van der Waals surface area contributed by atoms with E-state index in [0.717, 1.165) is 27.9 Å². The van der Waals surface area contributed by atoms with Gasteiger partial charge in [0.2, 0.25) is 0 Å². The molecule has 0 bridgehead atoms. The number of ether oxygens (including phenoxy) is 1. The second-order valence-corrected chi connectivity index (χ2v) is 5.35. The van der Waals surface area contributed by atoms with Crippen LogP contribution in [0.3, 0.4) is 0 Å². The van der Waals surface area contributed by atoms with Crippen molar-refractivity contribution in [2.45, 2.75) is 12.5 Å². The number of halogens is 2. The van der Waals surface area contributed by atoms with E-state index in [1.54, 1.807) is 6.07 Å². The summed E-state index contributed by atoms with van der Waals surface area (Å²) >= 11 is 3.44. The van der Waals surface area contributed by atoms with Crippen molar-refractivity contribution in [2.24, 2.45) is 0 Å². The molecule has 2 aromatic rings. The molecule has 1 heterocycles. The molecule has 1 unspecified atom stereocenters. The molecule has 2 aromatic carbocycles. The molecule has 0 saturated heterocycles. The summed E-state index contributed by atoms with van der Waals surface area (Å²) in [4.78, 5) is 0. The summed E-state index contributed by atoms with van der Waals surface area (Å²) in [5.74, 6) is 0.657. The van der Waals surface area contributed by atoms with Crippen LogP contribution < -0.4 is 10.1 Å². The van der Waals surface area contributed by atoms with Crippen LogP contribution in [0.4, 0.5) is 10.1 Å². The molecule has 0 spiro atoms. The summed E-state index contributed by atoms with van der Waals surface area (Å²) in [5, 5.41) is 3.38. The van der Waals surface area contributed by atoms with Gasteiger partial charge in [-0.25, -0.2) is 4.39 Å². The lowest BCUT2D eigenvalue weighted by atomic mass is 10.0. The minimum absolute atomic E-state index is 0.142. The molecule has 0 fully saturated rings. The normalized spacial score (nSPS) is 17.5. The van der Waals surface area contributed by atoms with Crippen LogP contribution in [0.25, 0.3) is 0 Å². The van der Waals surface area contributed by atoms with Gasteiger partial charge in [-0.05, 0) is 40.2 Å². The number of rotatable bonds is 2. The van der Waals surface area contributed by atoms with Crippen molar-refractivity contribution in [3.05, 3.63) is 58.3 Å². The summed E-state index contributed by atoms with van der Waals surface area (Å²) < 4.78 is 19.8. The van der Waals surface area contributed by atoms with Crippen molar-refractivity contribution in [3.63, 3.8) is 0 Å². The molecular formula is C15H13BrFNO. The number of nitrogens with one attached hydrogen (secondary N) is 1. The summed E-state index contributed by atoms with van der Waals surface area (Å²) in [6, 6.07) is 12.7. The fourth-order valence-corrected chi connectivity index (χ4v) is 2.65. The molecule has 4 heteroatoms. The van der Waals surface area contributed by atoms with Gasteiger partial charge in [0.25, 0.3) is 0 Å². The fraction of sp³-hybridized carbons (Fsp3) is 0.200. The summed E-state index contributed by atoms with van der Waals surface area (Å²) in [6.07, 6.45) is 0.861. The molecule has 1 N–H and O–H groups in total. The lowest BCUT2D eigenvalue weighted by molar-refractivity contribution is 0.274. The smallest absolute Gasteiger partial charge is 0.125 e. The van der Waals surface area contributed by atoms with Gasteiger partial charge in [0, 0.05) is 16.5 Å². The van der Waals surface area contributed by atoms with Crippen LogP contribution >= 0.6 is 15.9 Å². The Hall–Kier alpha value is -1.55. The molecule has 0 aromatic heterocycles. The highest BCUT2D eigenvalue weighted by atomic mass is 79.9. The first-order chi connectivity index (χ1) is 9.24. The van der Waals surface area contributed by atoms with Crippen LogP contribution in [0.1, 0.15) is 18.0 Å². The summed E-state index contributed by atoms with van der Waals surface area (Å²) in [6.45, 7) is 0.668. The van der Waals surface area contributed by atoms with Crippen LogP contribution in [0.15, 0.2) is 46.9 Å². The predicted octanol–water partition coefficient (Wildman–Crippen LogP) is 4.52. The Labute approximate surface area is 119 Å². The van der Waals surface area contributed by atoms with Crippen LogP contribution in [0.5, 0.6) is 5.75 Å². The minimum Gasteiger partial charge on any atom is -0.493 e. The zero-order chi connectivity index (χ0) is 13.2. The Kier molecular flexibility index (Phi) is 3.42. The highest BCUT2D eigenvalue weighted by molar-refractivity contribution is 9.10. The van der Waals surface area contributed by atoms with Crippen LogP contribution in [0, 0.1) is 5.82 Å². The Bertz CT molecular complexity index is 602. The van der Waals surface area contributed by atoms with E-state index in [-0.39, 0.29) is 11.9 Å². The first kappa shape index (κ1) is 12.5. The number of fused-ring (bicyclic) bond motifs is 1. The van der Waals surface area contributed by atoms with Gasteiger partial charge in [-0.3, -0.25) is 0 Å². The maximum absolute atomic E-state index is 13.3. The Morgan fingerprint density at radius 1 is 1.21 bits per heavy atom. The van der Waals surface area contributed by atoms with E-state index in [1.807, 2.05) is 24.3 Å². The third-order valence-electron chi connectivity index (χ3n) is 3.22. The molecule has 98 valence electrons. The number of hydrogen-bond acceptors (Lipinski definition) is 2. The maximum atomic E-state index is 13.3. The van der Waals surface area contributed by atoms with E-state index < -0.39 is 0 Å². The highest BCUT2D eigenvalue weighted by Gasteiger charge is 2.21. The molecule has 19 heavy (non-hydrogen) atoms. The molecule has 0 aliphatic carbocycles. The van der Waals surface area contributed by atoms with Gasteiger partial charge in [0.15, 0.2) is 0 Å². The summed E-state index contributed by atoms with van der Waals surface area (Å²) in [7, 11) is 0. The summed E-state index contributed by atoms with van der Waals surface area (Å²) in [5.41, 5.74) is 1.88. The Morgan fingerprint density at radius 2 is 2.05 bits per heavy atom. The van der Waals surface area contributed by atoms with E-state index in [4.69, 9.17) is 4.74 Å². The topological polar surface area (TPSA) is 21.3 Å². The molecule has 1 aliphatic rings. The SMILES string of the molecule is Fc1ccc(Br)c(NC2CCOc3ccccc32)c1. The van der Waals surface area contributed by atoms with Crippen molar-refractivity contribution in [3.8, 4) is 5.75 Å². The van der Waals surface area contributed by atoms with Crippen molar-refractivity contribution >= 4 is 21.6 Å². The van der Waals surface area contributed by atoms with E-state index in [9.17, 15) is 4.39 Å². The van der Waals surface area contributed by atoms with Crippen molar-refractivity contribution < 1.29 is 9.13 Å². The van der Waals surface area contributed by atoms with Crippen molar-refractivity contribution in [1.29, 1.82) is 0 Å². The maximum Gasteiger partial charge on any atom is 0.125 e. The van der Waals surface area contributed by atoms with Gasteiger partial charge in [0.1, 0.15) is 11.6 Å². The van der Waals surface area contributed by atoms with E-state index in [1.165, 1.54) is 12.1 Å². The average Bonchev–Trinajstić information content (AvgIpc) is 2.43. The van der Waals surface area contributed by atoms with Gasteiger partial charge >= 0.3 is 0 Å². The molecular weight excluding hydrogens is 309 g/mol. The molecule has 0 saturated carbocycles. The van der Waals surface area contributed by atoms with Crippen molar-refractivity contribution in [1.82, 2.24) is 0 Å². The lowest BCUT2D eigenvalue weighted by Gasteiger charge is -2.27. The third kappa shape index (κ3) is 2.59. The minimum atomic E-state index is -0.244. The van der Waals surface area contributed by atoms with Gasteiger partial charge in [-0.2, -0.15) is 0 Å². The molecule has 0 amide bonds. The van der Waals surface area contributed by atoms with E-state index in [2.05, 4.69) is 21.2 Å². The monoisotopic (exact) mass is 321 g/mol. The second kappa shape index (κ2) is 5.21. The molecule has 2 nitrogen and oxygen atoms in total. The lowest BCUT2D eigenvalue weighted by Crippen LogP contribution is -2.20. The number of anilines is 1. The highest BCUT2D eigenvalue weighted by Crippen LogP contribution is 2.35. The van der Waals surface area contributed by atoms with Gasteiger partial charge in [-0.15, -0.1) is 0 Å². The standard InChI is InChI=1S/C15H13BrFNO/c16-12-6-5-10(17)9-14(12)18-13-7-8-19-15-4-2-1-3-11(13)15/h1-6,9,13,18H,7-8H2. The fourth-order valence-electron chi connectivity index (χ4n) is 2.29. The largest absolute Gasteiger partial charge is 0.493 e. The van der Waals surface area contributed by atoms with Crippen molar-refractivity contribution in [2.75, 3.05) is 11.9 Å². The van der Waals surface area contributed by atoms with Gasteiger partial charge in [-0.1, -0.05) is 18.2 Å². The quantitative estimate of drug-likeness (QED) is 0.877. The Morgan fingerprint density at radius 3 is 2.95 bits per heavy atom. The van der Waals surface area contributed by atoms with Crippen LogP contribution in [0.2, 0.25) is 0 Å².